The van der Waals surface area contributed by atoms with Gasteiger partial charge < -0.3 is 20.1 Å². The van der Waals surface area contributed by atoms with Gasteiger partial charge in [0.05, 0.1) is 30.4 Å². The highest BCUT2D eigenvalue weighted by Gasteiger charge is 2.29. The van der Waals surface area contributed by atoms with Crippen molar-refractivity contribution >= 4 is 46.0 Å². The molecule has 13 heteroatoms. The predicted molar refractivity (Wildman–Crippen MR) is 201 cm³/mol. The molecule has 3 aromatic heterocycles. The smallest absolute Gasteiger partial charge is 0.274 e. The van der Waals surface area contributed by atoms with Crippen molar-refractivity contribution in [3.8, 4) is 0 Å². The van der Waals surface area contributed by atoms with Crippen LogP contribution in [-0.4, -0.2) is 80.6 Å². The van der Waals surface area contributed by atoms with Gasteiger partial charge in [-0.1, -0.05) is 36.4 Å². The molecule has 8 rings (SSSR count). The van der Waals surface area contributed by atoms with Crippen LogP contribution in [0.4, 0.5) is 11.4 Å². The molecule has 2 saturated heterocycles. The van der Waals surface area contributed by atoms with Crippen molar-refractivity contribution in [3.63, 3.8) is 0 Å². The Morgan fingerprint density at radius 3 is 2.47 bits per heavy atom. The third-order valence-corrected chi connectivity index (χ3v) is 10.8. The lowest BCUT2D eigenvalue weighted by atomic mass is 9.90. The number of imide groups is 1. The highest BCUT2D eigenvalue weighted by molar-refractivity contribution is 6.05. The third kappa shape index (κ3) is 7.16. The zero-order valence-electron chi connectivity index (χ0n) is 29.9. The predicted octanol–water partition coefficient (Wildman–Crippen LogP) is 4.46. The minimum Gasteiger partial charge on any atom is -0.371 e. The van der Waals surface area contributed by atoms with Gasteiger partial charge in [0.2, 0.25) is 11.8 Å². The van der Waals surface area contributed by atoms with Gasteiger partial charge in [0.1, 0.15) is 17.0 Å². The van der Waals surface area contributed by atoms with Crippen molar-refractivity contribution in [2.75, 3.05) is 36.9 Å². The SMILES string of the molecule is C[C@@H]1CNC(=O)c2cc3ccc(C(=O)Nc4cnn(Cc5ccc(N6CCC(N(C)Cc7ccc(C8CCC(=O)NC8=O)cc7)CC6)cc5)c4)nc3n21. The summed E-state index contributed by atoms with van der Waals surface area (Å²) in [5, 5.41) is 13.5. The van der Waals surface area contributed by atoms with E-state index in [1.165, 1.54) is 11.3 Å². The molecule has 2 aromatic carbocycles. The van der Waals surface area contributed by atoms with E-state index in [-0.39, 0.29) is 41.3 Å². The lowest BCUT2D eigenvalue weighted by Crippen LogP contribution is -2.43. The summed E-state index contributed by atoms with van der Waals surface area (Å²) < 4.78 is 3.70. The zero-order chi connectivity index (χ0) is 36.6. The molecule has 3 aliphatic rings. The van der Waals surface area contributed by atoms with Crippen LogP contribution >= 0.6 is 0 Å². The molecule has 6 heterocycles. The van der Waals surface area contributed by atoms with Crippen LogP contribution in [0.1, 0.15) is 82.2 Å². The second-order valence-corrected chi connectivity index (χ2v) is 14.5. The molecule has 3 N–H and O–H groups in total. The summed E-state index contributed by atoms with van der Waals surface area (Å²) in [7, 11) is 2.18. The summed E-state index contributed by atoms with van der Waals surface area (Å²) in [4.78, 5) is 58.7. The Hall–Kier alpha value is -5.82. The summed E-state index contributed by atoms with van der Waals surface area (Å²) in [5.41, 5.74) is 6.52. The van der Waals surface area contributed by atoms with E-state index >= 15 is 0 Å². The molecule has 1 unspecified atom stereocenters. The maximum absolute atomic E-state index is 13.1. The Balaban J connectivity index is 0.816. The maximum atomic E-state index is 13.1. The number of fused-ring (bicyclic) bond motifs is 3. The van der Waals surface area contributed by atoms with Crippen LogP contribution in [0.5, 0.6) is 0 Å². The van der Waals surface area contributed by atoms with Gasteiger partial charge in [-0.25, -0.2) is 4.98 Å². The van der Waals surface area contributed by atoms with Crippen LogP contribution in [0.2, 0.25) is 0 Å². The van der Waals surface area contributed by atoms with Crippen molar-refractivity contribution < 1.29 is 19.2 Å². The molecular formula is C40H43N9O4. The molecule has 0 spiro atoms. The lowest BCUT2D eigenvalue weighted by molar-refractivity contribution is -0.134. The number of benzene rings is 2. The molecule has 0 aliphatic carbocycles. The average molecular weight is 714 g/mol. The Labute approximate surface area is 307 Å². The van der Waals surface area contributed by atoms with Crippen LogP contribution in [-0.2, 0) is 22.7 Å². The molecule has 53 heavy (non-hydrogen) atoms. The summed E-state index contributed by atoms with van der Waals surface area (Å²) >= 11 is 0. The topological polar surface area (TPSA) is 146 Å². The number of aromatic nitrogens is 4. The Morgan fingerprint density at radius 2 is 1.72 bits per heavy atom. The maximum Gasteiger partial charge on any atom is 0.274 e. The number of rotatable bonds is 9. The van der Waals surface area contributed by atoms with Crippen LogP contribution < -0.4 is 20.9 Å². The Bertz CT molecular complexity index is 2180. The quantitative estimate of drug-likeness (QED) is 0.190. The molecule has 0 saturated carbocycles. The van der Waals surface area contributed by atoms with E-state index in [1.807, 2.05) is 42.0 Å². The fourth-order valence-corrected chi connectivity index (χ4v) is 7.82. The first-order valence-corrected chi connectivity index (χ1v) is 18.3. The lowest BCUT2D eigenvalue weighted by Gasteiger charge is -2.38. The normalized spacial score (nSPS) is 19.3. The van der Waals surface area contributed by atoms with Gasteiger partial charge in [0, 0.05) is 55.9 Å². The van der Waals surface area contributed by atoms with Crippen LogP contribution in [0.15, 0.2) is 79.1 Å². The van der Waals surface area contributed by atoms with Gasteiger partial charge in [-0.05, 0) is 80.3 Å². The van der Waals surface area contributed by atoms with E-state index in [0.717, 1.165) is 49.0 Å². The zero-order valence-corrected chi connectivity index (χ0v) is 29.9. The van der Waals surface area contributed by atoms with Crippen LogP contribution in [0.25, 0.3) is 11.0 Å². The Morgan fingerprint density at radius 1 is 0.962 bits per heavy atom. The second-order valence-electron chi connectivity index (χ2n) is 14.5. The highest BCUT2D eigenvalue weighted by Crippen LogP contribution is 2.28. The Kier molecular flexibility index (Phi) is 9.25. The van der Waals surface area contributed by atoms with Gasteiger partial charge in [-0.15, -0.1) is 0 Å². The minimum absolute atomic E-state index is 0.0377. The minimum atomic E-state index is -0.338. The van der Waals surface area contributed by atoms with Crippen molar-refractivity contribution in [3.05, 3.63) is 107 Å². The number of hydrogen-bond acceptors (Lipinski definition) is 8. The molecule has 2 fully saturated rings. The summed E-state index contributed by atoms with van der Waals surface area (Å²) in [6.45, 7) is 5.90. The third-order valence-electron chi connectivity index (χ3n) is 10.8. The van der Waals surface area contributed by atoms with E-state index in [2.05, 4.69) is 79.3 Å². The number of carbonyl (C=O) groups excluding carboxylic acids is 4. The number of nitrogens with one attached hydrogen (secondary N) is 3. The largest absolute Gasteiger partial charge is 0.371 e. The number of amides is 4. The number of carbonyl (C=O) groups is 4. The standard InChI is InChI=1S/C40H43N9O4/c1-25-20-41-40(53)35-19-29-9-13-34(44-37(29)49(25)35)39(52)43-30-21-42-48(24-30)23-27-5-10-32(11-6-27)47-17-15-31(16-18-47)46(2)22-26-3-7-28(8-4-26)33-12-14-36(50)45-38(33)51/h3-11,13,19,21,24-25,31,33H,12,14-18,20,22-23H2,1-2H3,(H,41,53)(H,43,52)(H,45,50,51)/t25-,33?/m1/s1. The number of anilines is 2. The molecule has 3 aliphatic heterocycles. The van der Waals surface area contributed by atoms with Crippen molar-refractivity contribution in [2.24, 2.45) is 0 Å². The molecule has 272 valence electrons. The van der Waals surface area contributed by atoms with Gasteiger partial charge in [0.15, 0.2) is 0 Å². The van der Waals surface area contributed by atoms with E-state index in [1.54, 1.807) is 16.9 Å². The van der Waals surface area contributed by atoms with Crippen molar-refractivity contribution in [1.82, 2.24) is 34.9 Å². The first-order valence-electron chi connectivity index (χ1n) is 18.3. The molecular weight excluding hydrogens is 670 g/mol. The second kappa shape index (κ2) is 14.3. The molecule has 5 aromatic rings. The van der Waals surface area contributed by atoms with Crippen LogP contribution in [0, 0.1) is 0 Å². The van der Waals surface area contributed by atoms with E-state index in [0.29, 0.717) is 49.0 Å². The van der Waals surface area contributed by atoms with Crippen LogP contribution in [0.3, 0.4) is 0 Å². The number of hydrogen-bond donors (Lipinski definition) is 3. The number of piperidine rings is 2. The van der Waals surface area contributed by atoms with E-state index in [4.69, 9.17) is 0 Å². The van der Waals surface area contributed by atoms with E-state index in [9.17, 15) is 19.2 Å². The highest BCUT2D eigenvalue weighted by atomic mass is 16.2. The van der Waals surface area contributed by atoms with Gasteiger partial charge in [0.25, 0.3) is 11.8 Å². The summed E-state index contributed by atoms with van der Waals surface area (Å²) in [5.74, 6) is -1.11. The first-order chi connectivity index (χ1) is 25.7. The number of pyridine rings is 1. The average Bonchev–Trinajstić information content (AvgIpc) is 3.78. The van der Waals surface area contributed by atoms with Gasteiger partial charge in [-0.2, -0.15) is 5.10 Å². The fraction of sp³-hybridized carbons (Fsp3) is 0.350. The van der Waals surface area contributed by atoms with Crippen molar-refractivity contribution in [1.29, 1.82) is 0 Å². The van der Waals surface area contributed by atoms with Gasteiger partial charge >= 0.3 is 0 Å². The molecule has 4 amide bonds. The number of nitrogens with zero attached hydrogens (tertiary/aromatic N) is 6. The first kappa shape index (κ1) is 34.3. The summed E-state index contributed by atoms with van der Waals surface area (Å²) in [6, 6.07) is 22.7. The monoisotopic (exact) mass is 713 g/mol. The molecule has 13 nitrogen and oxygen atoms in total. The van der Waals surface area contributed by atoms with E-state index < -0.39 is 0 Å². The molecule has 2 atom stereocenters. The summed E-state index contributed by atoms with van der Waals surface area (Å²) in [6.07, 6.45) is 6.54. The fourth-order valence-electron chi connectivity index (χ4n) is 7.82. The van der Waals surface area contributed by atoms with Gasteiger partial charge in [-0.3, -0.25) is 34.1 Å². The van der Waals surface area contributed by atoms with Crippen molar-refractivity contribution in [2.45, 2.75) is 63.7 Å². The molecule has 0 radical (unpaired) electrons. The molecule has 0 bridgehead atoms.